The summed E-state index contributed by atoms with van der Waals surface area (Å²) in [5.74, 6) is 0.646. The minimum absolute atomic E-state index is 0.0586. The highest BCUT2D eigenvalue weighted by molar-refractivity contribution is 5.78. The van der Waals surface area contributed by atoms with Gasteiger partial charge in [0, 0.05) is 5.92 Å². The molecule has 0 heterocycles. The number of hydrogen-bond donors (Lipinski definition) is 4. The van der Waals surface area contributed by atoms with E-state index >= 15 is 0 Å². The molecule has 0 aliphatic heterocycles. The average Bonchev–Trinajstić information content (AvgIpc) is 3.18. The number of carbonyl (C=O) groups is 1. The summed E-state index contributed by atoms with van der Waals surface area (Å²) in [6, 6.07) is 0. The molecule has 0 aromatic heterocycles. The fraction of sp³-hybridized carbons (Fsp3) is 0.682. The van der Waals surface area contributed by atoms with Crippen molar-refractivity contribution < 1.29 is 25.2 Å². The Bertz CT molecular complexity index is 556. The molecular weight excluding hydrogens is 344 g/mol. The van der Waals surface area contributed by atoms with Crippen LogP contribution in [0.2, 0.25) is 0 Å². The molecule has 0 aromatic carbocycles. The molecule has 0 spiro atoms. The highest BCUT2D eigenvalue weighted by Crippen LogP contribution is 2.37. The summed E-state index contributed by atoms with van der Waals surface area (Å²) in [7, 11) is 0. The van der Waals surface area contributed by atoms with Crippen LogP contribution in [0.4, 0.5) is 0 Å². The van der Waals surface area contributed by atoms with E-state index < -0.39 is 29.2 Å². The lowest BCUT2D eigenvalue weighted by Gasteiger charge is -2.33. The Labute approximate surface area is 162 Å². The summed E-state index contributed by atoms with van der Waals surface area (Å²) in [5, 5.41) is 40.5. The molecule has 1 aliphatic rings. The zero-order valence-corrected chi connectivity index (χ0v) is 16.3. The van der Waals surface area contributed by atoms with E-state index in [1.807, 2.05) is 0 Å². The molecule has 1 saturated carbocycles. The molecule has 4 N–H and O–H groups in total. The summed E-state index contributed by atoms with van der Waals surface area (Å²) >= 11 is 0. The number of carboxylic acids is 1. The van der Waals surface area contributed by atoms with E-state index in [4.69, 9.17) is 6.42 Å². The van der Waals surface area contributed by atoms with Crippen molar-refractivity contribution in [3.63, 3.8) is 0 Å². The molecule has 0 unspecified atom stereocenters. The second-order valence-electron chi connectivity index (χ2n) is 7.50. The Balaban J connectivity index is 2.53. The minimum Gasteiger partial charge on any atom is -0.479 e. The molecule has 1 aliphatic carbocycles. The number of unbranched alkanes of at least 4 members (excludes halogenated alkanes) is 2. The predicted octanol–water partition coefficient (Wildman–Crippen LogP) is 3.19. The largest absolute Gasteiger partial charge is 0.479 e. The van der Waals surface area contributed by atoms with Gasteiger partial charge in [-0.2, -0.15) is 0 Å². The van der Waals surface area contributed by atoms with E-state index in [0.29, 0.717) is 25.7 Å². The number of aliphatic carboxylic acids is 1. The number of hydrogen-bond acceptors (Lipinski definition) is 4. The van der Waals surface area contributed by atoms with Crippen LogP contribution in [-0.2, 0) is 4.79 Å². The van der Waals surface area contributed by atoms with Crippen molar-refractivity contribution in [3.05, 3.63) is 24.3 Å². The van der Waals surface area contributed by atoms with Crippen molar-refractivity contribution >= 4 is 5.97 Å². The van der Waals surface area contributed by atoms with Crippen LogP contribution in [0.3, 0.4) is 0 Å². The lowest BCUT2D eigenvalue weighted by Crippen LogP contribution is -2.54. The molecule has 5 heteroatoms. The van der Waals surface area contributed by atoms with Crippen molar-refractivity contribution in [1.82, 2.24) is 0 Å². The maximum atomic E-state index is 11.5. The Morgan fingerprint density at radius 2 is 1.89 bits per heavy atom. The second-order valence-corrected chi connectivity index (χ2v) is 7.50. The molecule has 0 bridgehead atoms. The van der Waals surface area contributed by atoms with Crippen LogP contribution < -0.4 is 0 Å². The standard InChI is InChI=1S/C22H34O5/c1-3-5-11-16-21(26,4-2)17-12-7-6-8-15-19(23)22(27,20(24)25)18-13-9-10-14-18/h2,6,8,12,17-19,23,26-27H,3,5,7,9-11,13-16H2,1H3,(H,24,25)/b8-6+,17-12?/t19-,21+,22+/m1/s1. The highest BCUT2D eigenvalue weighted by Gasteiger charge is 2.50. The summed E-state index contributed by atoms with van der Waals surface area (Å²) in [5.41, 5.74) is -3.34. The van der Waals surface area contributed by atoms with Gasteiger partial charge in [-0.3, -0.25) is 0 Å². The van der Waals surface area contributed by atoms with Gasteiger partial charge in [-0.1, -0.05) is 56.8 Å². The van der Waals surface area contributed by atoms with Crippen LogP contribution >= 0.6 is 0 Å². The van der Waals surface area contributed by atoms with Gasteiger partial charge in [0.2, 0.25) is 0 Å². The average molecular weight is 379 g/mol. The molecule has 1 rings (SSSR count). The first kappa shape index (κ1) is 23.4. The van der Waals surface area contributed by atoms with Gasteiger partial charge in [-0.25, -0.2) is 4.79 Å². The molecule has 0 saturated heterocycles. The monoisotopic (exact) mass is 378 g/mol. The lowest BCUT2D eigenvalue weighted by molar-refractivity contribution is -0.181. The molecule has 3 atom stereocenters. The molecule has 0 amide bonds. The third-order valence-corrected chi connectivity index (χ3v) is 5.43. The van der Waals surface area contributed by atoms with Crippen molar-refractivity contribution in [2.75, 3.05) is 0 Å². The number of terminal acetylenes is 1. The number of carboxylic acid groups (broad SMARTS) is 1. The van der Waals surface area contributed by atoms with E-state index in [0.717, 1.165) is 32.1 Å². The molecule has 1 fully saturated rings. The Morgan fingerprint density at radius 3 is 2.44 bits per heavy atom. The van der Waals surface area contributed by atoms with Crippen LogP contribution in [0.5, 0.6) is 0 Å². The normalized spacial score (nSPS) is 21.1. The van der Waals surface area contributed by atoms with Crippen molar-refractivity contribution in [2.45, 2.75) is 88.4 Å². The maximum Gasteiger partial charge on any atom is 0.338 e. The van der Waals surface area contributed by atoms with Crippen LogP contribution in [0.15, 0.2) is 24.3 Å². The van der Waals surface area contributed by atoms with E-state index in [2.05, 4.69) is 12.8 Å². The van der Waals surface area contributed by atoms with Gasteiger partial charge in [-0.05, 0) is 44.6 Å². The number of allylic oxidation sites excluding steroid dienone is 2. The van der Waals surface area contributed by atoms with Crippen LogP contribution in [0.25, 0.3) is 0 Å². The zero-order chi connectivity index (χ0) is 20.3. The molecule has 0 radical (unpaired) electrons. The van der Waals surface area contributed by atoms with Gasteiger partial charge in [0.15, 0.2) is 5.60 Å². The number of rotatable bonds is 12. The lowest BCUT2D eigenvalue weighted by atomic mass is 9.80. The molecule has 152 valence electrons. The molecule has 0 aromatic rings. The molecule has 27 heavy (non-hydrogen) atoms. The topological polar surface area (TPSA) is 98.0 Å². The van der Waals surface area contributed by atoms with Crippen LogP contribution in [0.1, 0.15) is 71.1 Å². The van der Waals surface area contributed by atoms with Crippen LogP contribution in [0, 0.1) is 18.3 Å². The van der Waals surface area contributed by atoms with Crippen molar-refractivity contribution in [2.24, 2.45) is 5.92 Å². The maximum absolute atomic E-state index is 11.5. The minimum atomic E-state index is -2.10. The van der Waals surface area contributed by atoms with Gasteiger partial charge in [0.25, 0.3) is 0 Å². The van der Waals surface area contributed by atoms with E-state index in [9.17, 15) is 25.2 Å². The first-order chi connectivity index (χ1) is 12.8. The predicted molar refractivity (Wildman–Crippen MR) is 106 cm³/mol. The third-order valence-electron chi connectivity index (χ3n) is 5.43. The highest BCUT2D eigenvalue weighted by atomic mass is 16.4. The molecular formula is C22H34O5. The first-order valence-corrected chi connectivity index (χ1v) is 9.96. The smallest absolute Gasteiger partial charge is 0.338 e. The summed E-state index contributed by atoms with van der Waals surface area (Å²) in [4.78, 5) is 11.5. The third kappa shape index (κ3) is 6.80. The Hall–Kier alpha value is -1.61. The van der Waals surface area contributed by atoms with Gasteiger partial charge in [0.05, 0.1) is 6.10 Å². The Morgan fingerprint density at radius 1 is 1.22 bits per heavy atom. The SMILES string of the molecule is C#C[C@@](O)(C=CC/C=C/C[C@@H](O)[C@](O)(C(=O)O)C1CCCC1)CCCCC. The summed E-state index contributed by atoms with van der Waals surface area (Å²) in [6.45, 7) is 2.09. The van der Waals surface area contributed by atoms with Gasteiger partial charge < -0.3 is 20.4 Å². The van der Waals surface area contributed by atoms with Gasteiger partial charge in [-0.15, -0.1) is 6.42 Å². The van der Waals surface area contributed by atoms with Gasteiger partial charge >= 0.3 is 5.97 Å². The van der Waals surface area contributed by atoms with Crippen molar-refractivity contribution in [3.8, 4) is 12.3 Å². The van der Waals surface area contributed by atoms with E-state index in [1.165, 1.54) is 0 Å². The second kappa shape index (κ2) is 11.3. The fourth-order valence-electron chi connectivity index (χ4n) is 3.65. The summed E-state index contributed by atoms with van der Waals surface area (Å²) < 4.78 is 0. The Kier molecular flexibility index (Phi) is 9.79. The van der Waals surface area contributed by atoms with Gasteiger partial charge in [0.1, 0.15) is 5.60 Å². The van der Waals surface area contributed by atoms with E-state index in [-0.39, 0.29) is 6.42 Å². The number of aliphatic hydroxyl groups excluding tert-OH is 1. The zero-order valence-electron chi connectivity index (χ0n) is 16.3. The van der Waals surface area contributed by atoms with E-state index in [1.54, 1.807) is 24.3 Å². The quantitative estimate of drug-likeness (QED) is 0.237. The van der Waals surface area contributed by atoms with Crippen molar-refractivity contribution in [1.29, 1.82) is 0 Å². The fourth-order valence-corrected chi connectivity index (χ4v) is 3.65. The summed E-state index contributed by atoms with van der Waals surface area (Å²) in [6.07, 6.45) is 17.9. The van der Waals surface area contributed by atoms with Crippen LogP contribution in [-0.4, -0.2) is 43.7 Å². The molecule has 5 nitrogen and oxygen atoms in total. The number of aliphatic hydroxyl groups is 3. The first-order valence-electron chi connectivity index (χ1n) is 9.96.